The first-order valence-corrected chi connectivity index (χ1v) is 17.4. The molecular formula is C34H54NO2PS. The molecule has 0 atom stereocenters. The summed E-state index contributed by atoms with van der Waals surface area (Å²) in [6, 6.07) is 13.5. The molecular weight excluding hydrogens is 517 g/mol. The third-order valence-electron chi connectivity index (χ3n) is 7.69. The highest BCUT2D eigenvalue weighted by molar-refractivity contribution is 8.09. The van der Waals surface area contributed by atoms with E-state index >= 15 is 0 Å². The van der Waals surface area contributed by atoms with E-state index in [4.69, 9.17) is 20.9 Å². The van der Waals surface area contributed by atoms with E-state index in [1.165, 1.54) is 30.4 Å². The molecule has 1 fully saturated rings. The summed E-state index contributed by atoms with van der Waals surface area (Å²) in [6.07, 6.45) is 5.93. The van der Waals surface area contributed by atoms with Crippen LogP contribution in [0.2, 0.25) is 0 Å². The highest BCUT2D eigenvalue weighted by Gasteiger charge is 2.33. The Bertz CT molecular complexity index is 1100. The molecule has 0 heterocycles. The number of hydrogen-bond acceptors (Lipinski definition) is 3. The molecule has 2 aromatic carbocycles. The van der Waals surface area contributed by atoms with Gasteiger partial charge in [-0.15, -0.1) is 0 Å². The van der Waals surface area contributed by atoms with Crippen molar-refractivity contribution in [3.63, 3.8) is 0 Å². The molecule has 5 heteroatoms. The summed E-state index contributed by atoms with van der Waals surface area (Å²) in [6.45, 7) is 24.0. The topological polar surface area (TPSA) is 30.5 Å². The molecule has 2 aromatic rings. The molecule has 0 aliphatic heterocycles. The zero-order chi connectivity index (χ0) is 29.4. The van der Waals surface area contributed by atoms with Gasteiger partial charge >= 0.3 is 6.64 Å². The first-order chi connectivity index (χ1) is 17.7. The van der Waals surface area contributed by atoms with Crippen molar-refractivity contribution < 1.29 is 9.05 Å². The first kappa shape index (κ1) is 32.2. The fourth-order valence-electron chi connectivity index (χ4n) is 5.11. The van der Waals surface area contributed by atoms with Crippen LogP contribution in [0.4, 0.5) is 0 Å². The number of rotatable bonds is 6. The molecule has 3 nitrogen and oxygen atoms in total. The maximum atomic E-state index is 6.89. The van der Waals surface area contributed by atoms with Crippen molar-refractivity contribution in [3.05, 3.63) is 58.7 Å². The number of benzene rings is 2. The van der Waals surface area contributed by atoms with Crippen LogP contribution in [-0.4, -0.2) is 6.04 Å². The SMILES string of the molecule is CC(C)(C)c1ccc(OP(=S)(NC2CCCCC2)Oc2ccc(C(C)(C)C)cc2C(C)(C)C)c(C(C)(C)C)c1. The summed E-state index contributed by atoms with van der Waals surface area (Å²) in [7, 11) is 0. The van der Waals surface area contributed by atoms with Crippen LogP contribution < -0.4 is 14.1 Å². The van der Waals surface area contributed by atoms with Crippen molar-refractivity contribution in [2.24, 2.45) is 0 Å². The van der Waals surface area contributed by atoms with Crippen LogP contribution in [0.15, 0.2) is 36.4 Å². The minimum Gasteiger partial charge on any atom is -0.424 e. The Morgan fingerprint density at radius 1 is 0.615 bits per heavy atom. The summed E-state index contributed by atoms with van der Waals surface area (Å²) < 4.78 is 13.8. The first-order valence-electron chi connectivity index (χ1n) is 14.8. The van der Waals surface area contributed by atoms with Crippen molar-refractivity contribution in [2.75, 3.05) is 0 Å². The molecule has 0 unspecified atom stereocenters. The summed E-state index contributed by atoms with van der Waals surface area (Å²) >= 11 is 6.38. The second-order valence-corrected chi connectivity index (χ2v) is 18.6. The quantitative estimate of drug-likeness (QED) is 0.349. The van der Waals surface area contributed by atoms with Crippen LogP contribution in [0.5, 0.6) is 11.5 Å². The lowest BCUT2D eigenvalue weighted by molar-refractivity contribution is 0.383. The van der Waals surface area contributed by atoms with E-state index < -0.39 is 6.64 Å². The summed E-state index contributed by atoms with van der Waals surface area (Å²) in [4.78, 5) is 0. The van der Waals surface area contributed by atoms with Gasteiger partial charge < -0.3 is 9.05 Å². The molecule has 1 N–H and O–H groups in total. The molecule has 0 spiro atoms. The maximum absolute atomic E-state index is 6.89. The zero-order valence-corrected chi connectivity index (χ0v) is 28.5. The minimum atomic E-state index is -2.95. The molecule has 0 saturated heterocycles. The van der Waals surface area contributed by atoms with Gasteiger partial charge in [0.1, 0.15) is 11.5 Å². The molecule has 1 aliphatic carbocycles. The summed E-state index contributed by atoms with van der Waals surface area (Å²) in [5.41, 5.74) is 4.80. The van der Waals surface area contributed by atoms with E-state index in [9.17, 15) is 0 Å². The van der Waals surface area contributed by atoms with Gasteiger partial charge in [0.25, 0.3) is 0 Å². The minimum absolute atomic E-state index is 0.0476. The van der Waals surface area contributed by atoms with Crippen LogP contribution in [0.25, 0.3) is 0 Å². The van der Waals surface area contributed by atoms with Crippen molar-refractivity contribution in [1.82, 2.24) is 5.09 Å². The lowest BCUT2D eigenvalue weighted by Gasteiger charge is -2.34. The van der Waals surface area contributed by atoms with Gasteiger partial charge in [-0.25, -0.2) is 5.09 Å². The second-order valence-electron chi connectivity index (χ2n) is 15.6. The van der Waals surface area contributed by atoms with Crippen LogP contribution in [0.3, 0.4) is 0 Å². The summed E-state index contributed by atoms with van der Waals surface area (Å²) in [5, 5.41) is 3.76. The monoisotopic (exact) mass is 571 g/mol. The molecule has 0 amide bonds. The average Bonchev–Trinajstić information content (AvgIpc) is 2.77. The molecule has 39 heavy (non-hydrogen) atoms. The lowest BCUT2D eigenvalue weighted by Crippen LogP contribution is -2.32. The van der Waals surface area contributed by atoms with Crippen LogP contribution in [0, 0.1) is 0 Å². The third kappa shape index (κ3) is 8.57. The second kappa shape index (κ2) is 11.5. The van der Waals surface area contributed by atoms with E-state index in [1.807, 2.05) is 0 Å². The van der Waals surface area contributed by atoms with Gasteiger partial charge in [0, 0.05) is 29.0 Å². The van der Waals surface area contributed by atoms with Gasteiger partial charge in [-0.05, 0) is 57.8 Å². The van der Waals surface area contributed by atoms with Crippen LogP contribution >= 0.6 is 6.64 Å². The third-order valence-corrected chi connectivity index (χ3v) is 10.0. The van der Waals surface area contributed by atoms with Crippen molar-refractivity contribution in [1.29, 1.82) is 0 Å². The molecule has 0 aromatic heterocycles. The molecule has 1 saturated carbocycles. The van der Waals surface area contributed by atoms with E-state index in [0.29, 0.717) is 6.04 Å². The van der Waals surface area contributed by atoms with E-state index in [-0.39, 0.29) is 21.7 Å². The van der Waals surface area contributed by atoms with Gasteiger partial charge in [0.15, 0.2) is 0 Å². The number of nitrogens with one attached hydrogen (secondary N) is 1. The Balaban J connectivity index is 2.11. The molecule has 218 valence electrons. The molecule has 3 rings (SSSR count). The number of hydrogen-bond donors (Lipinski definition) is 1. The fourth-order valence-corrected chi connectivity index (χ4v) is 7.72. The predicted molar refractivity (Wildman–Crippen MR) is 173 cm³/mol. The van der Waals surface area contributed by atoms with Crippen LogP contribution in [0.1, 0.15) is 137 Å². The fraction of sp³-hybridized carbons (Fsp3) is 0.647. The zero-order valence-electron chi connectivity index (χ0n) is 26.7. The summed E-state index contributed by atoms with van der Waals surface area (Å²) in [5.74, 6) is 1.65. The largest absolute Gasteiger partial charge is 0.424 e. The van der Waals surface area contributed by atoms with Gasteiger partial charge in [-0.1, -0.05) is 127 Å². The van der Waals surface area contributed by atoms with Crippen molar-refractivity contribution >= 4 is 18.4 Å². The highest BCUT2D eigenvalue weighted by Crippen LogP contribution is 2.51. The smallest absolute Gasteiger partial charge is 0.365 e. The van der Waals surface area contributed by atoms with Gasteiger partial charge in [-0.2, -0.15) is 0 Å². The molecule has 1 aliphatic rings. The highest BCUT2D eigenvalue weighted by atomic mass is 32.5. The van der Waals surface area contributed by atoms with E-state index in [2.05, 4.69) is 125 Å². The van der Waals surface area contributed by atoms with E-state index in [1.54, 1.807) is 0 Å². The Kier molecular flexibility index (Phi) is 9.48. The van der Waals surface area contributed by atoms with Gasteiger partial charge in [0.05, 0.1) is 0 Å². The van der Waals surface area contributed by atoms with Gasteiger partial charge in [0.2, 0.25) is 0 Å². The average molecular weight is 572 g/mol. The normalized spacial score (nSPS) is 16.3. The van der Waals surface area contributed by atoms with E-state index in [0.717, 1.165) is 35.5 Å². The standard InChI is InChI=1S/C34H54NO2PS/c1-31(2,3)24-18-20-29(27(22-24)33(7,8)9)36-38(39,35-26-16-14-13-15-17-26)37-30-21-19-25(32(4,5)6)23-28(30)34(10,11)12/h18-23,26H,13-17H2,1-12H3,(H,35,39). The predicted octanol–water partition coefficient (Wildman–Crippen LogP) is 10.5. The Morgan fingerprint density at radius 2 is 1.00 bits per heavy atom. The molecule has 0 bridgehead atoms. The lowest BCUT2D eigenvalue weighted by atomic mass is 9.80. The van der Waals surface area contributed by atoms with Crippen LogP contribution in [-0.2, 0) is 33.5 Å². The van der Waals surface area contributed by atoms with Crippen molar-refractivity contribution in [3.8, 4) is 11.5 Å². The maximum Gasteiger partial charge on any atom is 0.365 e. The van der Waals surface area contributed by atoms with Gasteiger partial charge in [-0.3, -0.25) is 0 Å². The Labute approximate surface area is 245 Å². The molecule has 0 radical (unpaired) electrons. The Morgan fingerprint density at radius 3 is 1.33 bits per heavy atom. The Hall–Kier alpha value is -1.35. The van der Waals surface area contributed by atoms with Crippen molar-refractivity contribution in [2.45, 2.75) is 143 Å².